The predicted molar refractivity (Wildman–Crippen MR) is 47.4 cm³/mol. The highest BCUT2D eigenvalue weighted by Crippen LogP contribution is 2.05. The number of likely N-dealkylation sites (N-methyl/N-ethyl adjacent to an activating group) is 1. The maximum atomic E-state index is 8.66. The Morgan fingerprint density at radius 3 is 2.27 bits per heavy atom. The van der Waals surface area contributed by atoms with Crippen LogP contribution in [-0.4, -0.2) is 42.8 Å². The number of nitrogens with two attached hydrogens (primary N) is 1. The van der Waals surface area contributed by atoms with Gasteiger partial charge in [0.1, 0.15) is 0 Å². The standard InChI is InChI=1S/C8H20N2O/c1-4-8(10(2)3)7(9)5-6-11/h7-8,11H,4-6,9H2,1-3H3. The Morgan fingerprint density at radius 2 is 2.00 bits per heavy atom. The largest absolute Gasteiger partial charge is 0.396 e. The molecule has 0 fully saturated rings. The van der Waals surface area contributed by atoms with Crippen LogP contribution in [0, 0.1) is 0 Å². The molecule has 0 bridgehead atoms. The lowest BCUT2D eigenvalue weighted by molar-refractivity contribution is 0.205. The van der Waals surface area contributed by atoms with E-state index in [-0.39, 0.29) is 12.6 Å². The lowest BCUT2D eigenvalue weighted by Crippen LogP contribution is -2.44. The number of rotatable bonds is 5. The minimum absolute atomic E-state index is 0.0972. The minimum Gasteiger partial charge on any atom is -0.396 e. The molecule has 0 aliphatic carbocycles. The van der Waals surface area contributed by atoms with Crippen molar-refractivity contribution in [3.8, 4) is 0 Å². The molecule has 0 saturated carbocycles. The fourth-order valence-corrected chi connectivity index (χ4v) is 1.39. The zero-order valence-electron chi connectivity index (χ0n) is 7.75. The monoisotopic (exact) mass is 160 g/mol. The van der Waals surface area contributed by atoms with Crippen LogP contribution in [0.5, 0.6) is 0 Å². The zero-order chi connectivity index (χ0) is 8.85. The molecule has 0 aromatic heterocycles. The van der Waals surface area contributed by atoms with Gasteiger partial charge in [-0.05, 0) is 26.9 Å². The summed E-state index contributed by atoms with van der Waals surface area (Å²) in [6.45, 7) is 2.30. The van der Waals surface area contributed by atoms with E-state index < -0.39 is 0 Å². The summed E-state index contributed by atoms with van der Waals surface area (Å²) in [4.78, 5) is 2.11. The van der Waals surface area contributed by atoms with Crippen molar-refractivity contribution in [2.24, 2.45) is 5.73 Å². The predicted octanol–water partition coefficient (Wildman–Crippen LogP) is 0.0363. The second-order valence-electron chi connectivity index (χ2n) is 3.12. The van der Waals surface area contributed by atoms with Gasteiger partial charge in [0.2, 0.25) is 0 Å². The van der Waals surface area contributed by atoms with Crippen LogP contribution < -0.4 is 5.73 Å². The summed E-state index contributed by atoms with van der Waals surface area (Å²) in [5.41, 5.74) is 5.84. The normalized spacial score (nSPS) is 16.9. The molecule has 0 spiro atoms. The van der Waals surface area contributed by atoms with Crippen molar-refractivity contribution in [2.45, 2.75) is 31.8 Å². The van der Waals surface area contributed by atoms with Gasteiger partial charge in [-0.2, -0.15) is 0 Å². The average Bonchev–Trinajstić information content (AvgIpc) is 1.88. The van der Waals surface area contributed by atoms with Crippen molar-refractivity contribution < 1.29 is 5.11 Å². The van der Waals surface area contributed by atoms with Crippen molar-refractivity contribution in [1.82, 2.24) is 4.90 Å². The van der Waals surface area contributed by atoms with E-state index in [1.165, 1.54) is 0 Å². The highest BCUT2D eigenvalue weighted by Gasteiger charge is 2.16. The van der Waals surface area contributed by atoms with Crippen LogP contribution in [0.3, 0.4) is 0 Å². The fourth-order valence-electron chi connectivity index (χ4n) is 1.39. The lowest BCUT2D eigenvalue weighted by Gasteiger charge is -2.28. The van der Waals surface area contributed by atoms with E-state index in [0.29, 0.717) is 12.5 Å². The Morgan fingerprint density at radius 1 is 1.45 bits per heavy atom. The van der Waals surface area contributed by atoms with Gasteiger partial charge in [0.05, 0.1) is 0 Å². The third-order valence-corrected chi connectivity index (χ3v) is 2.04. The molecule has 2 atom stereocenters. The topological polar surface area (TPSA) is 49.5 Å². The number of hydrogen-bond acceptors (Lipinski definition) is 3. The van der Waals surface area contributed by atoms with Crippen molar-refractivity contribution in [3.63, 3.8) is 0 Å². The molecule has 0 radical (unpaired) electrons. The SMILES string of the molecule is CCC(C(N)CCO)N(C)C. The van der Waals surface area contributed by atoms with Crippen molar-refractivity contribution in [2.75, 3.05) is 20.7 Å². The van der Waals surface area contributed by atoms with E-state index >= 15 is 0 Å². The quantitative estimate of drug-likeness (QED) is 0.597. The smallest absolute Gasteiger partial charge is 0.0446 e. The molecule has 0 saturated heterocycles. The molecule has 0 aromatic rings. The highest BCUT2D eigenvalue weighted by atomic mass is 16.3. The molecule has 0 aromatic carbocycles. The van der Waals surface area contributed by atoms with Crippen LogP contribution in [0.25, 0.3) is 0 Å². The summed E-state index contributed by atoms with van der Waals surface area (Å²) in [6.07, 6.45) is 1.73. The molecule has 0 heterocycles. The molecular weight excluding hydrogens is 140 g/mol. The van der Waals surface area contributed by atoms with E-state index in [2.05, 4.69) is 11.8 Å². The molecule has 0 amide bonds. The van der Waals surface area contributed by atoms with Gasteiger partial charge in [0, 0.05) is 18.7 Å². The molecule has 0 aliphatic rings. The summed E-state index contributed by atoms with van der Waals surface area (Å²) < 4.78 is 0. The summed E-state index contributed by atoms with van der Waals surface area (Å²) in [5.74, 6) is 0. The molecular formula is C8H20N2O. The van der Waals surface area contributed by atoms with Crippen LogP contribution in [0.1, 0.15) is 19.8 Å². The summed E-state index contributed by atoms with van der Waals surface area (Å²) in [7, 11) is 4.04. The van der Waals surface area contributed by atoms with Crippen LogP contribution >= 0.6 is 0 Å². The van der Waals surface area contributed by atoms with E-state index in [0.717, 1.165) is 6.42 Å². The van der Waals surface area contributed by atoms with Gasteiger partial charge in [-0.3, -0.25) is 0 Å². The van der Waals surface area contributed by atoms with Gasteiger partial charge in [0.25, 0.3) is 0 Å². The van der Waals surface area contributed by atoms with Crippen LogP contribution in [0.15, 0.2) is 0 Å². The summed E-state index contributed by atoms with van der Waals surface area (Å²) in [5, 5.41) is 8.66. The summed E-state index contributed by atoms with van der Waals surface area (Å²) >= 11 is 0. The van der Waals surface area contributed by atoms with E-state index in [9.17, 15) is 0 Å². The maximum Gasteiger partial charge on any atom is 0.0446 e. The van der Waals surface area contributed by atoms with Gasteiger partial charge in [-0.1, -0.05) is 6.92 Å². The first-order chi connectivity index (χ1) is 5.13. The third-order valence-electron chi connectivity index (χ3n) is 2.04. The van der Waals surface area contributed by atoms with E-state index in [4.69, 9.17) is 10.8 Å². The average molecular weight is 160 g/mol. The Labute approximate surface area is 69.2 Å². The van der Waals surface area contributed by atoms with Gasteiger partial charge >= 0.3 is 0 Å². The molecule has 0 rings (SSSR count). The van der Waals surface area contributed by atoms with Crippen molar-refractivity contribution in [3.05, 3.63) is 0 Å². The molecule has 3 N–H and O–H groups in total. The van der Waals surface area contributed by atoms with Crippen LogP contribution in [0.4, 0.5) is 0 Å². The van der Waals surface area contributed by atoms with Crippen LogP contribution in [0.2, 0.25) is 0 Å². The summed E-state index contributed by atoms with van der Waals surface area (Å²) in [6, 6.07) is 0.488. The second kappa shape index (κ2) is 5.52. The molecule has 0 aliphatic heterocycles. The lowest BCUT2D eigenvalue weighted by atomic mass is 10.0. The number of aliphatic hydroxyl groups excluding tert-OH is 1. The Balaban J connectivity index is 3.81. The first kappa shape index (κ1) is 10.9. The van der Waals surface area contributed by atoms with Crippen molar-refractivity contribution >= 4 is 0 Å². The molecule has 3 heteroatoms. The maximum absolute atomic E-state index is 8.66. The van der Waals surface area contributed by atoms with Gasteiger partial charge in [0.15, 0.2) is 0 Å². The van der Waals surface area contributed by atoms with E-state index in [1.807, 2.05) is 14.1 Å². The molecule has 2 unspecified atom stereocenters. The molecule has 11 heavy (non-hydrogen) atoms. The number of nitrogens with zero attached hydrogens (tertiary/aromatic N) is 1. The Hall–Kier alpha value is -0.120. The van der Waals surface area contributed by atoms with Gasteiger partial charge in [-0.25, -0.2) is 0 Å². The zero-order valence-corrected chi connectivity index (χ0v) is 7.75. The first-order valence-corrected chi connectivity index (χ1v) is 4.16. The Bertz CT molecular complexity index is 96.1. The third kappa shape index (κ3) is 3.70. The second-order valence-corrected chi connectivity index (χ2v) is 3.12. The molecule has 3 nitrogen and oxygen atoms in total. The highest BCUT2D eigenvalue weighted by molar-refractivity contribution is 4.77. The fraction of sp³-hybridized carbons (Fsp3) is 1.00. The molecule has 68 valence electrons. The number of hydrogen-bond donors (Lipinski definition) is 2. The first-order valence-electron chi connectivity index (χ1n) is 4.16. The van der Waals surface area contributed by atoms with Gasteiger partial charge in [-0.15, -0.1) is 0 Å². The Kier molecular flexibility index (Phi) is 5.46. The number of aliphatic hydroxyl groups is 1. The van der Waals surface area contributed by atoms with Crippen molar-refractivity contribution in [1.29, 1.82) is 0 Å². The van der Waals surface area contributed by atoms with Crippen LogP contribution in [-0.2, 0) is 0 Å². The minimum atomic E-state index is 0.0972. The van der Waals surface area contributed by atoms with Gasteiger partial charge < -0.3 is 15.7 Å². The van der Waals surface area contributed by atoms with E-state index in [1.54, 1.807) is 0 Å².